The second-order valence-corrected chi connectivity index (χ2v) is 16.6. The third-order valence-corrected chi connectivity index (χ3v) is 11.9. The number of rotatable bonds is 11. The Bertz CT molecular complexity index is 1140. The Morgan fingerprint density at radius 1 is 0.946 bits per heavy atom. The Morgan fingerprint density at radius 2 is 1.57 bits per heavy atom. The summed E-state index contributed by atoms with van der Waals surface area (Å²) in [5, 5.41) is 31.1. The van der Waals surface area contributed by atoms with Gasteiger partial charge in [0.05, 0.1) is 11.2 Å². The van der Waals surface area contributed by atoms with E-state index < -0.39 is 13.9 Å². The van der Waals surface area contributed by atoms with Crippen LogP contribution in [0.15, 0.2) is 54.1 Å². The summed E-state index contributed by atoms with van der Waals surface area (Å²) in [5.74, 6) is -0.444. The molecule has 0 saturated heterocycles. The lowest BCUT2D eigenvalue weighted by molar-refractivity contribution is 0.0550. The summed E-state index contributed by atoms with van der Waals surface area (Å²) in [4.78, 5) is 12.9. The van der Waals surface area contributed by atoms with E-state index in [9.17, 15) is 20.1 Å². The number of ketones is 1. The lowest BCUT2D eigenvalue weighted by Crippen LogP contribution is -2.48. The number of hydrogen-bond donors (Lipinski definition) is 3. The van der Waals surface area contributed by atoms with E-state index >= 15 is 0 Å². The molecule has 202 valence electrons. The van der Waals surface area contributed by atoms with Gasteiger partial charge in [-0.1, -0.05) is 50.6 Å². The van der Waals surface area contributed by atoms with Gasteiger partial charge in [0.2, 0.25) is 0 Å². The van der Waals surface area contributed by atoms with Gasteiger partial charge in [0.25, 0.3) is 0 Å². The Hall–Kier alpha value is -2.83. The van der Waals surface area contributed by atoms with E-state index in [2.05, 4.69) is 60.7 Å². The highest BCUT2D eigenvalue weighted by molar-refractivity contribution is 6.74. The summed E-state index contributed by atoms with van der Waals surface area (Å²) in [6, 6.07) is 9.38. The first-order valence-electron chi connectivity index (χ1n) is 12.9. The van der Waals surface area contributed by atoms with E-state index in [0.717, 1.165) is 18.4 Å². The standard InChI is InChI=1S/C31H44O5Si/c1-22(2)10-9-20-31(6,36-37(7,8)30(3,4)5)21-19-26-28(34)18-16-25(29(26)35)27(33)17-13-23-11-14-24(32)15-12-23/h10-18,32,34-35H,9,19-21H2,1-8H3/b17-13+/t31-/m0/s1. The van der Waals surface area contributed by atoms with Gasteiger partial charge in [-0.3, -0.25) is 4.79 Å². The first-order chi connectivity index (χ1) is 17.0. The van der Waals surface area contributed by atoms with Gasteiger partial charge in [0.15, 0.2) is 14.1 Å². The van der Waals surface area contributed by atoms with E-state index in [1.54, 1.807) is 30.3 Å². The minimum absolute atomic E-state index is 0.0319. The van der Waals surface area contributed by atoms with Crippen molar-refractivity contribution in [3.63, 3.8) is 0 Å². The number of allylic oxidation sites excluding steroid dienone is 3. The molecule has 0 aliphatic carbocycles. The maximum atomic E-state index is 12.9. The van der Waals surface area contributed by atoms with E-state index in [-0.39, 0.29) is 33.6 Å². The number of carbonyl (C=O) groups is 1. The Kier molecular flexibility index (Phi) is 9.97. The lowest BCUT2D eigenvalue weighted by Gasteiger charge is -2.44. The van der Waals surface area contributed by atoms with Gasteiger partial charge in [-0.2, -0.15) is 0 Å². The van der Waals surface area contributed by atoms with Crippen LogP contribution < -0.4 is 0 Å². The molecule has 0 unspecified atom stereocenters. The molecule has 0 heterocycles. The number of carbonyl (C=O) groups excluding carboxylic acids is 1. The quantitative estimate of drug-likeness (QED) is 0.119. The maximum Gasteiger partial charge on any atom is 0.192 e. The summed E-state index contributed by atoms with van der Waals surface area (Å²) < 4.78 is 6.90. The average Bonchev–Trinajstić information content (AvgIpc) is 2.77. The van der Waals surface area contributed by atoms with E-state index in [4.69, 9.17) is 4.43 Å². The van der Waals surface area contributed by atoms with E-state index in [1.165, 1.54) is 23.8 Å². The van der Waals surface area contributed by atoms with Gasteiger partial charge in [0, 0.05) is 5.56 Å². The molecule has 2 aromatic carbocycles. The van der Waals surface area contributed by atoms with Gasteiger partial charge in [-0.25, -0.2) is 0 Å². The molecular formula is C31H44O5Si. The topological polar surface area (TPSA) is 87.0 Å². The van der Waals surface area contributed by atoms with Crippen LogP contribution in [0.4, 0.5) is 0 Å². The highest BCUT2D eigenvalue weighted by Crippen LogP contribution is 2.42. The van der Waals surface area contributed by atoms with Gasteiger partial charge in [0.1, 0.15) is 17.2 Å². The Balaban J connectivity index is 2.30. The highest BCUT2D eigenvalue weighted by Gasteiger charge is 2.42. The van der Waals surface area contributed by atoms with Crippen molar-refractivity contribution in [1.29, 1.82) is 0 Å². The van der Waals surface area contributed by atoms with Gasteiger partial charge in [-0.15, -0.1) is 0 Å². The fourth-order valence-electron chi connectivity index (χ4n) is 3.97. The van der Waals surface area contributed by atoms with Crippen LogP contribution in [0.5, 0.6) is 17.2 Å². The van der Waals surface area contributed by atoms with Crippen LogP contribution in [0, 0.1) is 0 Å². The van der Waals surface area contributed by atoms with E-state index in [1.807, 2.05) is 0 Å². The molecule has 6 heteroatoms. The van der Waals surface area contributed by atoms with Gasteiger partial charge >= 0.3 is 0 Å². The van der Waals surface area contributed by atoms with Crippen LogP contribution in [0.1, 0.15) is 82.3 Å². The normalized spacial score (nSPS) is 13.9. The fraction of sp³-hybridized carbons (Fsp3) is 0.452. The molecule has 5 nitrogen and oxygen atoms in total. The van der Waals surface area contributed by atoms with Crippen molar-refractivity contribution in [2.24, 2.45) is 0 Å². The molecule has 0 saturated carbocycles. The van der Waals surface area contributed by atoms with Crippen molar-refractivity contribution in [2.45, 2.75) is 91.0 Å². The van der Waals surface area contributed by atoms with Crippen LogP contribution in [-0.2, 0) is 10.8 Å². The molecule has 0 aliphatic heterocycles. The van der Waals surface area contributed by atoms with Crippen molar-refractivity contribution >= 4 is 20.2 Å². The SMILES string of the molecule is CC(C)=CCC[C@@](C)(CCc1c(O)ccc(C(=O)/C=C/c2ccc(O)cc2)c1O)O[Si](C)(C)C(C)(C)C. The number of phenols is 3. The second kappa shape index (κ2) is 12.1. The molecule has 2 aromatic rings. The van der Waals surface area contributed by atoms with Gasteiger partial charge in [-0.05, 0) is 100 Å². The van der Waals surface area contributed by atoms with Crippen LogP contribution in [0.25, 0.3) is 6.08 Å². The smallest absolute Gasteiger partial charge is 0.192 e. The summed E-state index contributed by atoms with van der Waals surface area (Å²) in [6.07, 6.45) is 7.89. The predicted molar refractivity (Wildman–Crippen MR) is 155 cm³/mol. The van der Waals surface area contributed by atoms with Crippen molar-refractivity contribution in [3.8, 4) is 17.2 Å². The van der Waals surface area contributed by atoms with Crippen molar-refractivity contribution in [2.75, 3.05) is 0 Å². The fourth-order valence-corrected chi connectivity index (χ4v) is 5.71. The Labute approximate surface area is 223 Å². The number of benzene rings is 2. The summed E-state index contributed by atoms with van der Waals surface area (Å²) in [7, 11) is -2.08. The zero-order valence-electron chi connectivity index (χ0n) is 23.7. The maximum absolute atomic E-state index is 12.9. The first kappa shape index (κ1) is 30.4. The molecule has 0 radical (unpaired) electrons. The number of hydrogen-bond acceptors (Lipinski definition) is 5. The molecule has 0 fully saturated rings. The third kappa shape index (κ3) is 8.61. The molecule has 0 aromatic heterocycles. The second-order valence-electron chi connectivity index (χ2n) is 11.9. The van der Waals surface area contributed by atoms with Crippen LogP contribution in [-0.4, -0.2) is 35.0 Å². The lowest BCUT2D eigenvalue weighted by atomic mass is 9.90. The van der Waals surface area contributed by atoms with Gasteiger partial charge < -0.3 is 19.7 Å². The van der Waals surface area contributed by atoms with Crippen LogP contribution in [0.3, 0.4) is 0 Å². The molecule has 0 spiro atoms. The molecule has 1 atom stereocenters. The summed E-state index contributed by atoms with van der Waals surface area (Å²) in [6.45, 7) is 17.4. The zero-order valence-corrected chi connectivity index (χ0v) is 24.7. The predicted octanol–water partition coefficient (Wildman–Crippen LogP) is 8.16. The minimum atomic E-state index is -2.08. The average molecular weight is 525 g/mol. The van der Waals surface area contributed by atoms with Crippen molar-refractivity contribution < 1.29 is 24.5 Å². The molecule has 0 aliphatic rings. The van der Waals surface area contributed by atoms with Crippen molar-refractivity contribution in [1.82, 2.24) is 0 Å². The first-order valence-corrected chi connectivity index (χ1v) is 15.8. The largest absolute Gasteiger partial charge is 0.508 e. The molecule has 0 bridgehead atoms. The molecule has 37 heavy (non-hydrogen) atoms. The molecule has 2 rings (SSSR count). The van der Waals surface area contributed by atoms with Crippen molar-refractivity contribution in [3.05, 3.63) is 70.8 Å². The summed E-state index contributed by atoms with van der Waals surface area (Å²) >= 11 is 0. The monoisotopic (exact) mass is 524 g/mol. The zero-order chi connectivity index (χ0) is 28.0. The Morgan fingerprint density at radius 3 is 2.14 bits per heavy atom. The van der Waals surface area contributed by atoms with Crippen LogP contribution in [0.2, 0.25) is 18.1 Å². The van der Waals surface area contributed by atoms with E-state index in [0.29, 0.717) is 18.4 Å². The molecule has 0 amide bonds. The number of aromatic hydroxyl groups is 3. The minimum Gasteiger partial charge on any atom is -0.508 e. The molecular weight excluding hydrogens is 480 g/mol. The third-order valence-electron chi connectivity index (χ3n) is 7.28. The highest BCUT2D eigenvalue weighted by atomic mass is 28.4. The molecule has 3 N–H and O–H groups in total. The summed E-state index contributed by atoms with van der Waals surface area (Å²) in [5.41, 5.74) is 2.05. The number of phenolic OH excluding ortho intramolecular Hbond substituents is 3. The van der Waals surface area contributed by atoms with Crippen LogP contribution >= 0.6 is 0 Å².